The van der Waals surface area contributed by atoms with Gasteiger partial charge in [0.05, 0.1) is 53.6 Å². The van der Waals surface area contributed by atoms with E-state index >= 15 is 4.39 Å². The van der Waals surface area contributed by atoms with Crippen molar-refractivity contribution >= 4 is 34.9 Å². The van der Waals surface area contributed by atoms with Crippen molar-refractivity contribution in [2.75, 3.05) is 26.2 Å². The highest BCUT2D eigenvalue weighted by Crippen LogP contribution is 2.50. The number of likely N-dealkylation sites (tertiary alicyclic amines) is 2. The number of urea groups is 1. The van der Waals surface area contributed by atoms with E-state index in [1.54, 1.807) is 0 Å². The summed E-state index contributed by atoms with van der Waals surface area (Å²) in [6.45, 7) is -0.130. The number of halogens is 9. The summed E-state index contributed by atoms with van der Waals surface area (Å²) in [5.74, 6) is 0. The number of rotatable bonds is 3. The number of carbonyl (C=O) groups is 1. The molecular formula is C24H18Cl2F7N3O3. The second-order valence-electron chi connectivity index (χ2n) is 9.55. The van der Waals surface area contributed by atoms with Crippen LogP contribution in [0.1, 0.15) is 22.3 Å². The smallest absolute Gasteiger partial charge is 0.389 e. The lowest BCUT2D eigenvalue weighted by atomic mass is 9.87. The van der Waals surface area contributed by atoms with Crippen LogP contribution in [0.15, 0.2) is 42.5 Å². The van der Waals surface area contributed by atoms with Gasteiger partial charge in [0.1, 0.15) is 0 Å². The molecule has 0 bridgehead atoms. The molecule has 0 saturated carbocycles. The summed E-state index contributed by atoms with van der Waals surface area (Å²) in [6, 6.07) is 5.78. The fourth-order valence-corrected chi connectivity index (χ4v) is 5.07. The van der Waals surface area contributed by atoms with Crippen molar-refractivity contribution in [3.05, 3.63) is 74.8 Å². The van der Waals surface area contributed by atoms with Gasteiger partial charge in [-0.2, -0.15) is 26.3 Å². The van der Waals surface area contributed by atoms with E-state index in [-0.39, 0.29) is 49.1 Å². The highest BCUT2D eigenvalue weighted by molar-refractivity contribution is 6.42. The van der Waals surface area contributed by atoms with Gasteiger partial charge in [0.25, 0.3) is 0 Å². The van der Waals surface area contributed by atoms with Gasteiger partial charge < -0.3 is 14.9 Å². The van der Waals surface area contributed by atoms with Crippen LogP contribution >= 0.6 is 23.2 Å². The molecule has 2 fully saturated rings. The minimum Gasteiger partial charge on any atom is -0.389 e. The Bertz CT molecular complexity index is 1340. The Balaban J connectivity index is 1.40. The zero-order valence-electron chi connectivity index (χ0n) is 19.5. The molecule has 2 aromatic rings. The normalized spacial score (nSPS) is 23.2. The first-order chi connectivity index (χ1) is 18.0. The molecule has 0 spiro atoms. The predicted octanol–water partition coefficient (Wildman–Crippen LogP) is 5.62. The van der Waals surface area contributed by atoms with Crippen molar-refractivity contribution in [1.29, 1.82) is 0 Å². The molecule has 2 N–H and O–H groups in total. The highest BCUT2D eigenvalue weighted by Gasteiger charge is 2.60. The number of nitrogens with zero attached hydrogens (tertiary/aromatic N) is 2. The molecule has 5 rings (SSSR count). The predicted molar refractivity (Wildman–Crippen MR) is 125 cm³/mol. The fourth-order valence-electron chi connectivity index (χ4n) is 4.63. The van der Waals surface area contributed by atoms with E-state index < -0.39 is 56.9 Å². The maximum Gasteiger partial charge on any atom is 0.428 e. The van der Waals surface area contributed by atoms with Crippen molar-refractivity contribution in [1.82, 2.24) is 15.3 Å². The average molecular weight is 600 g/mol. The van der Waals surface area contributed by atoms with E-state index in [1.807, 2.05) is 0 Å². The summed E-state index contributed by atoms with van der Waals surface area (Å²) >= 11 is 11.3. The molecule has 3 aliphatic heterocycles. The number of aliphatic hydroxyl groups is 1. The molecule has 1 unspecified atom stereocenters. The second-order valence-corrected chi connectivity index (χ2v) is 10.3. The second kappa shape index (κ2) is 9.15. The Morgan fingerprint density at radius 2 is 1.62 bits per heavy atom. The SMILES string of the molecule is O=C(N1CC(O)C1)N1CC(F)(c2ccc(C3=CC(c4cc(Cl)c(Cl)c(C(F)(F)F)c4)(C(F)(F)F)ON3)cc2)C1. The minimum absolute atomic E-state index is 0.131. The molecule has 15 heteroatoms. The van der Waals surface area contributed by atoms with Crippen LogP contribution in [-0.4, -0.2) is 59.4 Å². The molecule has 39 heavy (non-hydrogen) atoms. The van der Waals surface area contributed by atoms with Gasteiger partial charge in [-0.1, -0.05) is 47.5 Å². The summed E-state index contributed by atoms with van der Waals surface area (Å²) < 4.78 is 98.4. The van der Waals surface area contributed by atoms with Gasteiger partial charge in [0.15, 0.2) is 5.67 Å². The third-order valence-corrected chi connectivity index (χ3v) is 7.65. The van der Waals surface area contributed by atoms with E-state index in [0.717, 1.165) is 0 Å². The van der Waals surface area contributed by atoms with Crippen LogP contribution in [0.25, 0.3) is 5.70 Å². The Morgan fingerprint density at radius 3 is 2.15 bits per heavy atom. The summed E-state index contributed by atoms with van der Waals surface area (Å²) in [7, 11) is 0. The Kier molecular flexibility index (Phi) is 6.52. The van der Waals surface area contributed by atoms with E-state index in [0.29, 0.717) is 12.1 Å². The molecule has 2 amide bonds. The third-order valence-electron chi connectivity index (χ3n) is 6.85. The molecule has 0 aromatic heterocycles. The van der Waals surface area contributed by atoms with Gasteiger partial charge in [0, 0.05) is 5.56 Å². The molecule has 1 atom stereocenters. The summed E-state index contributed by atoms with van der Waals surface area (Å²) in [5.41, 5.74) is -5.53. The van der Waals surface area contributed by atoms with E-state index in [9.17, 15) is 36.2 Å². The maximum absolute atomic E-state index is 15.3. The van der Waals surface area contributed by atoms with Crippen LogP contribution in [0.2, 0.25) is 10.0 Å². The first-order valence-electron chi connectivity index (χ1n) is 11.4. The van der Waals surface area contributed by atoms with Crippen molar-refractivity contribution in [2.24, 2.45) is 0 Å². The number of amides is 2. The Hall–Kier alpha value is -2.74. The van der Waals surface area contributed by atoms with Crippen molar-refractivity contribution in [3.8, 4) is 0 Å². The molecule has 3 heterocycles. The van der Waals surface area contributed by atoms with Crippen LogP contribution in [0.5, 0.6) is 0 Å². The number of nitrogens with one attached hydrogen (secondary N) is 1. The topological polar surface area (TPSA) is 65.0 Å². The van der Waals surface area contributed by atoms with Crippen LogP contribution < -0.4 is 5.48 Å². The molecule has 2 saturated heterocycles. The van der Waals surface area contributed by atoms with Gasteiger partial charge in [-0.3, -0.25) is 10.3 Å². The lowest BCUT2D eigenvalue weighted by molar-refractivity contribution is -0.269. The number of benzene rings is 2. The van der Waals surface area contributed by atoms with Crippen LogP contribution in [0.4, 0.5) is 35.5 Å². The Labute approximate surface area is 226 Å². The standard InChI is InChI=1S/C24H18Cl2F7N3O3/c25-17-6-14(5-16(19(17)26)23(28,29)30)22(24(31,32)33)7-18(34-39-22)12-1-3-13(4-2-12)21(27)10-36(11-21)20(38)35-8-15(37)9-35/h1-7,15,34,37H,8-11H2. The number of hydrogen-bond acceptors (Lipinski definition) is 4. The van der Waals surface area contributed by atoms with Gasteiger partial charge in [-0.05, 0) is 29.3 Å². The summed E-state index contributed by atoms with van der Waals surface area (Å²) in [4.78, 5) is 19.8. The molecule has 0 aliphatic carbocycles. The molecule has 3 aliphatic rings. The number of aliphatic hydroxyl groups excluding tert-OH is 1. The molecular weight excluding hydrogens is 582 g/mol. The lowest BCUT2D eigenvalue weighted by Crippen LogP contribution is -2.65. The largest absolute Gasteiger partial charge is 0.428 e. The minimum atomic E-state index is -5.22. The van der Waals surface area contributed by atoms with E-state index in [4.69, 9.17) is 28.0 Å². The quantitative estimate of drug-likeness (QED) is 0.449. The first kappa shape index (κ1) is 27.8. The van der Waals surface area contributed by atoms with E-state index in [1.165, 1.54) is 34.1 Å². The van der Waals surface area contributed by atoms with Gasteiger partial charge in [-0.25, -0.2) is 9.18 Å². The highest BCUT2D eigenvalue weighted by atomic mass is 35.5. The first-order valence-corrected chi connectivity index (χ1v) is 12.1. The molecule has 2 aromatic carbocycles. The van der Waals surface area contributed by atoms with Crippen LogP contribution in [-0.2, 0) is 22.3 Å². The van der Waals surface area contributed by atoms with Crippen molar-refractivity contribution in [3.63, 3.8) is 0 Å². The number of hydrogen-bond donors (Lipinski definition) is 2. The fraction of sp³-hybridized carbons (Fsp3) is 0.375. The van der Waals surface area contributed by atoms with Gasteiger partial charge in [0.2, 0.25) is 5.60 Å². The number of hydroxylamine groups is 1. The van der Waals surface area contributed by atoms with Crippen molar-refractivity contribution < 1.29 is 45.5 Å². The van der Waals surface area contributed by atoms with Gasteiger partial charge >= 0.3 is 18.4 Å². The van der Waals surface area contributed by atoms with Crippen LogP contribution in [0, 0.1) is 0 Å². The van der Waals surface area contributed by atoms with Gasteiger partial charge in [-0.15, -0.1) is 0 Å². The number of alkyl halides is 7. The third kappa shape index (κ3) is 4.68. The van der Waals surface area contributed by atoms with Crippen molar-refractivity contribution in [2.45, 2.75) is 29.7 Å². The molecule has 210 valence electrons. The van der Waals surface area contributed by atoms with E-state index in [2.05, 4.69) is 5.48 Å². The zero-order valence-corrected chi connectivity index (χ0v) is 21.0. The Morgan fingerprint density at radius 1 is 1.00 bits per heavy atom. The average Bonchev–Trinajstić information content (AvgIpc) is 3.28. The molecule has 0 radical (unpaired) electrons. The molecule has 6 nitrogen and oxygen atoms in total. The summed E-state index contributed by atoms with van der Waals surface area (Å²) in [5, 5.41) is 7.63. The number of carbonyl (C=O) groups excluding carboxylic acids is 1. The maximum atomic E-state index is 15.3. The van der Waals surface area contributed by atoms with Crippen LogP contribution in [0.3, 0.4) is 0 Å². The zero-order chi connectivity index (χ0) is 28.5. The summed E-state index contributed by atoms with van der Waals surface area (Å²) in [6.07, 6.45) is -10.3. The monoisotopic (exact) mass is 599 g/mol. The number of β-amino-alcohol motifs (C(OH)–C–C–N with tert-alkyl or cyclic N) is 1. The lowest BCUT2D eigenvalue weighted by Gasteiger charge is -2.48.